The van der Waals surface area contributed by atoms with Gasteiger partial charge in [-0.25, -0.2) is 4.79 Å². The Morgan fingerprint density at radius 1 is 1.50 bits per heavy atom. The van der Waals surface area contributed by atoms with Gasteiger partial charge in [-0.3, -0.25) is 0 Å². The topological polar surface area (TPSA) is 26.3 Å². The van der Waals surface area contributed by atoms with Crippen molar-refractivity contribution in [1.82, 2.24) is 0 Å². The molecule has 0 bridgehead atoms. The van der Waals surface area contributed by atoms with Gasteiger partial charge >= 0.3 is 5.97 Å². The molecular weight excluding hydrogens is 172 g/mol. The highest BCUT2D eigenvalue weighted by Crippen LogP contribution is 1.91. The van der Waals surface area contributed by atoms with Gasteiger partial charge < -0.3 is 4.74 Å². The van der Waals surface area contributed by atoms with Crippen LogP contribution in [0.3, 0.4) is 0 Å². The minimum absolute atomic E-state index is 0.276. The first kappa shape index (κ1) is 11.3. The Bertz CT molecular complexity index is 173. The third-order valence-corrected chi connectivity index (χ3v) is 1.64. The highest BCUT2D eigenvalue weighted by molar-refractivity contribution is 7.98. The molecule has 0 fully saturated rings. The maximum atomic E-state index is 10.8. The van der Waals surface area contributed by atoms with Gasteiger partial charge in [0.15, 0.2) is 0 Å². The van der Waals surface area contributed by atoms with Gasteiger partial charge in [0.2, 0.25) is 0 Å². The molecule has 0 rings (SSSR count). The molecular formula is C9H14O2S. The van der Waals surface area contributed by atoms with E-state index in [-0.39, 0.29) is 5.97 Å². The van der Waals surface area contributed by atoms with Crippen LogP contribution in [0.15, 0.2) is 24.3 Å². The molecule has 0 aliphatic carbocycles. The Labute approximate surface area is 77.7 Å². The van der Waals surface area contributed by atoms with E-state index in [4.69, 9.17) is 4.74 Å². The zero-order valence-electron chi connectivity index (χ0n) is 7.45. The molecule has 2 nitrogen and oxygen atoms in total. The predicted molar refractivity (Wildman–Crippen MR) is 53.3 cm³/mol. The van der Waals surface area contributed by atoms with Gasteiger partial charge in [-0.15, -0.1) is 0 Å². The SMILES string of the molecule is CC=CC=CC(=O)OCCSC. The molecule has 0 amide bonds. The summed E-state index contributed by atoms with van der Waals surface area (Å²) in [6, 6.07) is 0. The summed E-state index contributed by atoms with van der Waals surface area (Å²) in [4.78, 5) is 10.8. The Hall–Kier alpha value is -0.700. The zero-order valence-corrected chi connectivity index (χ0v) is 8.26. The van der Waals surface area contributed by atoms with Crippen molar-refractivity contribution in [2.75, 3.05) is 18.6 Å². The minimum atomic E-state index is -0.276. The molecule has 0 aromatic rings. The molecule has 0 atom stereocenters. The average Bonchev–Trinajstić information content (AvgIpc) is 2.06. The first-order valence-electron chi connectivity index (χ1n) is 3.76. The lowest BCUT2D eigenvalue weighted by Gasteiger charge is -1.97. The second-order valence-corrected chi connectivity index (χ2v) is 3.03. The number of hydrogen-bond donors (Lipinski definition) is 0. The van der Waals surface area contributed by atoms with Crippen molar-refractivity contribution in [1.29, 1.82) is 0 Å². The van der Waals surface area contributed by atoms with Crippen molar-refractivity contribution in [2.24, 2.45) is 0 Å². The van der Waals surface area contributed by atoms with Crippen LogP contribution in [-0.4, -0.2) is 24.6 Å². The van der Waals surface area contributed by atoms with E-state index in [1.165, 1.54) is 6.08 Å². The summed E-state index contributed by atoms with van der Waals surface area (Å²) in [5.41, 5.74) is 0. The fourth-order valence-corrected chi connectivity index (χ4v) is 0.769. The summed E-state index contributed by atoms with van der Waals surface area (Å²) in [7, 11) is 0. The van der Waals surface area contributed by atoms with Crippen LogP contribution in [0.2, 0.25) is 0 Å². The second kappa shape index (κ2) is 8.40. The number of carbonyl (C=O) groups excluding carboxylic acids is 1. The molecule has 0 aromatic heterocycles. The van der Waals surface area contributed by atoms with Crippen molar-refractivity contribution >= 4 is 17.7 Å². The van der Waals surface area contributed by atoms with E-state index >= 15 is 0 Å². The van der Waals surface area contributed by atoms with Gasteiger partial charge in [-0.2, -0.15) is 11.8 Å². The van der Waals surface area contributed by atoms with E-state index in [0.29, 0.717) is 6.61 Å². The molecule has 0 saturated heterocycles. The number of rotatable bonds is 5. The van der Waals surface area contributed by atoms with Crippen LogP contribution in [0.25, 0.3) is 0 Å². The highest BCUT2D eigenvalue weighted by Gasteiger charge is 1.93. The third-order valence-electron chi connectivity index (χ3n) is 1.07. The molecule has 0 saturated carbocycles. The Balaban J connectivity index is 3.45. The van der Waals surface area contributed by atoms with Gasteiger partial charge in [-0.05, 0) is 13.2 Å². The van der Waals surface area contributed by atoms with Crippen LogP contribution in [0, 0.1) is 0 Å². The fourth-order valence-electron chi connectivity index (χ4n) is 0.519. The van der Waals surface area contributed by atoms with Crippen LogP contribution < -0.4 is 0 Å². The zero-order chi connectivity index (χ0) is 9.23. The van der Waals surface area contributed by atoms with Crippen molar-refractivity contribution in [3.63, 3.8) is 0 Å². The monoisotopic (exact) mass is 186 g/mol. The Morgan fingerprint density at radius 2 is 2.25 bits per heavy atom. The second-order valence-electron chi connectivity index (χ2n) is 2.05. The van der Waals surface area contributed by atoms with E-state index in [1.807, 2.05) is 19.3 Å². The molecule has 0 aromatic carbocycles. The lowest BCUT2D eigenvalue weighted by molar-refractivity contribution is -0.137. The molecule has 68 valence electrons. The summed E-state index contributed by atoms with van der Waals surface area (Å²) in [5.74, 6) is 0.575. The fraction of sp³-hybridized carbons (Fsp3) is 0.444. The normalized spacial score (nSPS) is 11.2. The number of ether oxygens (including phenoxy) is 1. The van der Waals surface area contributed by atoms with Crippen molar-refractivity contribution in [2.45, 2.75) is 6.92 Å². The maximum absolute atomic E-state index is 10.8. The van der Waals surface area contributed by atoms with Gasteiger partial charge in [0.1, 0.15) is 6.61 Å². The smallest absolute Gasteiger partial charge is 0.330 e. The van der Waals surface area contributed by atoms with Crippen molar-refractivity contribution in [3.05, 3.63) is 24.3 Å². The summed E-state index contributed by atoms with van der Waals surface area (Å²) < 4.78 is 4.85. The maximum Gasteiger partial charge on any atom is 0.330 e. The minimum Gasteiger partial charge on any atom is -0.462 e. The van der Waals surface area contributed by atoms with E-state index in [1.54, 1.807) is 23.9 Å². The predicted octanol–water partition coefficient (Wildman–Crippen LogP) is 2.02. The van der Waals surface area contributed by atoms with Gasteiger partial charge in [-0.1, -0.05) is 18.2 Å². The Kier molecular flexibility index (Phi) is 7.91. The molecule has 0 radical (unpaired) electrons. The lowest BCUT2D eigenvalue weighted by atomic mass is 10.4. The molecule has 0 aliphatic rings. The van der Waals surface area contributed by atoms with Crippen LogP contribution in [0.1, 0.15) is 6.92 Å². The Morgan fingerprint density at radius 3 is 2.83 bits per heavy atom. The summed E-state index contributed by atoms with van der Waals surface area (Å²) >= 11 is 1.66. The number of thioether (sulfide) groups is 1. The molecule has 0 heterocycles. The van der Waals surface area contributed by atoms with Crippen LogP contribution in [0.4, 0.5) is 0 Å². The van der Waals surface area contributed by atoms with Crippen molar-refractivity contribution in [3.8, 4) is 0 Å². The number of carbonyl (C=O) groups is 1. The molecule has 0 unspecified atom stereocenters. The van der Waals surface area contributed by atoms with Crippen LogP contribution >= 0.6 is 11.8 Å². The third kappa shape index (κ3) is 7.41. The number of esters is 1. The molecule has 12 heavy (non-hydrogen) atoms. The number of allylic oxidation sites excluding steroid dienone is 3. The van der Waals surface area contributed by atoms with Gasteiger partial charge in [0, 0.05) is 11.8 Å². The summed E-state index contributed by atoms with van der Waals surface area (Å²) in [5, 5.41) is 0. The average molecular weight is 186 g/mol. The van der Waals surface area contributed by atoms with Crippen molar-refractivity contribution < 1.29 is 9.53 Å². The first-order valence-corrected chi connectivity index (χ1v) is 5.15. The first-order chi connectivity index (χ1) is 5.81. The molecule has 0 N–H and O–H groups in total. The summed E-state index contributed by atoms with van der Waals surface area (Å²) in [6.07, 6.45) is 8.70. The van der Waals surface area contributed by atoms with E-state index in [2.05, 4.69) is 0 Å². The lowest BCUT2D eigenvalue weighted by Crippen LogP contribution is -2.03. The van der Waals surface area contributed by atoms with E-state index in [9.17, 15) is 4.79 Å². The highest BCUT2D eigenvalue weighted by atomic mass is 32.2. The van der Waals surface area contributed by atoms with Gasteiger partial charge in [0.05, 0.1) is 0 Å². The van der Waals surface area contributed by atoms with Crippen LogP contribution in [0.5, 0.6) is 0 Å². The standard InChI is InChI=1S/C9H14O2S/c1-3-4-5-6-9(10)11-7-8-12-2/h3-6H,7-8H2,1-2H3. The number of hydrogen-bond acceptors (Lipinski definition) is 3. The van der Waals surface area contributed by atoms with Gasteiger partial charge in [0.25, 0.3) is 0 Å². The quantitative estimate of drug-likeness (QED) is 0.284. The largest absolute Gasteiger partial charge is 0.462 e. The molecule has 3 heteroatoms. The van der Waals surface area contributed by atoms with Crippen LogP contribution in [-0.2, 0) is 9.53 Å². The molecule has 0 aliphatic heterocycles. The summed E-state index contributed by atoms with van der Waals surface area (Å²) in [6.45, 7) is 2.38. The van der Waals surface area contributed by atoms with E-state index < -0.39 is 0 Å². The molecule has 0 spiro atoms. The van der Waals surface area contributed by atoms with E-state index in [0.717, 1.165) is 5.75 Å².